The molecule has 0 fully saturated rings. The summed E-state index contributed by atoms with van der Waals surface area (Å²) in [6.07, 6.45) is 2.96. The highest BCUT2D eigenvalue weighted by atomic mass is 35.5. The Hall–Kier alpha value is -1.83. The zero-order valence-electron chi connectivity index (χ0n) is 16.5. The van der Waals surface area contributed by atoms with Gasteiger partial charge >= 0.3 is 5.97 Å². The van der Waals surface area contributed by atoms with Crippen LogP contribution in [0.25, 0.3) is 15.9 Å². The normalized spacial score (nSPS) is 16.1. The second-order valence-electron chi connectivity index (χ2n) is 7.37. The highest BCUT2D eigenvalue weighted by Crippen LogP contribution is 2.37. The number of carbonyl (C=O) groups is 1. The van der Waals surface area contributed by atoms with E-state index in [1.807, 2.05) is 19.1 Å². The van der Waals surface area contributed by atoms with Gasteiger partial charge in [0.2, 0.25) is 0 Å². The van der Waals surface area contributed by atoms with Gasteiger partial charge in [-0.25, -0.2) is 4.98 Å². The minimum absolute atomic E-state index is 0.0795. The average molecular weight is 449 g/mol. The zero-order valence-corrected chi connectivity index (χ0v) is 18.8. The van der Waals surface area contributed by atoms with Crippen LogP contribution in [0.4, 0.5) is 0 Å². The third-order valence-corrected chi connectivity index (χ3v) is 7.73. The smallest absolute Gasteiger partial charge is 0.316 e. The molecule has 5 nitrogen and oxygen atoms in total. The Kier molecular flexibility index (Phi) is 5.73. The van der Waals surface area contributed by atoms with E-state index in [-0.39, 0.29) is 17.3 Å². The molecule has 2 heterocycles. The first-order chi connectivity index (χ1) is 13.9. The molecule has 0 bridgehead atoms. The third kappa shape index (κ3) is 3.83. The molecule has 8 heteroatoms. The van der Waals surface area contributed by atoms with Gasteiger partial charge in [-0.05, 0) is 55.4 Å². The van der Waals surface area contributed by atoms with Crippen LogP contribution in [0.15, 0.2) is 28.2 Å². The van der Waals surface area contributed by atoms with Crippen molar-refractivity contribution in [3.05, 3.63) is 49.6 Å². The number of hydrogen-bond acceptors (Lipinski definition) is 6. The SMILES string of the molecule is COC(=O)CSc1nc2sc3c(c2c(=O)n1-c1ccc(C)c(Cl)c1)CCC(C)C3. The van der Waals surface area contributed by atoms with Crippen LogP contribution in [0.3, 0.4) is 0 Å². The Morgan fingerprint density at radius 2 is 2.24 bits per heavy atom. The summed E-state index contributed by atoms with van der Waals surface area (Å²) in [5.41, 5.74) is 2.62. The van der Waals surface area contributed by atoms with Gasteiger partial charge in [0.1, 0.15) is 4.83 Å². The first-order valence-corrected chi connectivity index (χ1v) is 11.6. The van der Waals surface area contributed by atoms with Gasteiger partial charge in [0.25, 0.3) is 5.56 Å². The summed E-state index contributed by atoms with van der Waals surface area (Å²) in [5.74, 6) is 0.329. The van der Waals surface area contributed by atoms with Gasteiger partial charge < -0.3 is 4.74 Å². The number of esters is 1. The van der Waals surface area contributed by atoms with E-state index in [9.17, 15) is 9.59 Å². The predicted octanol–water partition coefficient (Wildman–Crippen LogP) is 4.80. The van der Waals surface area contributed by atoms with Gasteiger partial charge in [0.15, 0.2) is 5.16 Å². The molecule has 0 aliphatic heterocycles. The van der Waals surface area contributed by atoms with Crippen LogP contribution in [-0.4, -0.2) is 28.4 Å². The monoisotopic (exact) mass is 448 g/mol. The molecule has 1 aliphatic carbocycles. The fourth-order valence-electron chi connectivity index (χ4n) is 3.60. The fourth-order valence-corrected chi connectivity index (χ4v) is 6.04. The number of aryl methyl sites for hydroxylation is 2. The van der Waals surface area contributed by atoms with Crippen molar-refractivity contribution in [1.82, 2.24) is 9.55 Å². The standard InChI is InChI=1S/C21H21ClN2O3S2/c1-11-4-7-14-16(8-11)29-19-18(14)20(26)24(13-6-5-12(2)15(22)9-13)21(23-19)28-10-17(25)27-3/h5-6,9,11H,4,7-8,10H2,1-3H3. The molecule has 1 aromatic carbocycles. The third-order valence-electron chi connectivity index (χ3n) is 5.26. The van der Waals surface area contributed by atoms with Gasteiger partial charge in [-0.1, -0.05) is 36.4 Å². The molecular formula is C21H21ClN2O3S2. The van der Waals surface area contributed by atoms with Gasteiger partial charge in [0.05, 0.1) is 23.9 Å². The Morgan fingerprint density at radius 3 is 2.97 bits per heavy atom. The first kappa shape index (κ1) is 20.4. The Labute approximate surface area is 182 Å². The maximum Gasteiger partial charge on any atom is 0.316 e. The van der Waals surface area contributed by atoms with Crippen molar-refractivity contribution in [2.24, 2.45) is 5.92 Å². The van der Waals surface area contributed by atoms with Crippen LogP contribution >= 0.6 is 34.7 Å². The average Bonchev–Trinajstić information content (AvgIpc) is 3.05. The molecule has 3 aromatic rings. The molecule has 0 saturated heterocycles. The number of fused-ring (bicyclic) bond motifs is 3. The molecule has 152 valence electrons. The first-order valence-electron chi connectivity index (χ1n) is 9.42. The number of rotatable bonds is 4. The Bertz CT molecular complexity index is 1170. The van der Waals surface area contributed by atoms with E-state index in [4.69, 9.17) is 21.3 Å². The number of nitrogens with zero attached hydrogens (tertiary/aromatic N) is 2. The van der Waals surface area contributed by atoms with Crippen LogP contribution in [0.2, 0.25) is 5.02 Å². The number of ether oxygens (including phenoxy) is 1. The summed E-state index contributed by atoms with van der Waals surface area (Å²) < 4.78 is 6.33. The molecule has 29 heavy (non-hydrogen) atoms. The van der Waals surface area contributed by atoms with E-state index in [1.54, 1.807) is 22.0 Å². The van der Waals surface area contributed by atoms with Gasteiger partial charge in [-0.3, -0.25) is 14.2 Å². The maximum absolute atomic E-state index is 13.6. The lowest BCUT2D eigenvalue weighted by Gasteiger charge is -2.18. The van der Waals surface area contributed by atoms with Crippen molar-refractivity contribution in [1.29, 1.82) is 0 Å². The van der Waals surface area contributed by atoms with Crippen molar-refractivity contribution in [3.8, 4) is 5.69 Å². The number of hydrogen-bond donors (Lipinski definition) is 0. The lowest BCUT2D eigenvalue weighted by Crippen LogP contribution is -2.23. The summed E-state index contributed by atoms with van der Waals surface area (Å²) in [4.78, 5) is 32.1. The lowest BCUT2D eigenvalue weighted by molar-refractivity contribution is -0.137. The number of aromatic nitrogens is 2. The quantitative estimate of drug-likeness (QED) is 0.326. The second kappa shape index (κ2) is 8.13. The van der Waals surface area contributed by atoms with Crippen molar-refractivity contribution in [3.63, 3.8) is 0 Å². The fraction of sp³-hybridized carbons (Fsp3) is 0.381. The zero-order chi connectivity index (χ0) is 20.7. The van der Waals surface area contributed by atoms with E-state index in [0.717, 1.165) is 35.2 Å². The molecular weight excluding hydrogens is 428 g/mol. The number of thioether (sulfide) groups is 1. The van der Waals surface area contributed by atoms with Crippen LogP contribution < -0.4 is 5.56 Å². The Balaban J connectivity index is 1.94. The number of benzene rings is 1. The molecule has 0 saturated carbocycles. The molecule has 0 amide bonds. The minimum Gasteiger partial charge on any atom is -0.468 e. The Morgan fingerprint density at radius 1 is 1.45 bits per heavy atom. The second-order valence-corrected chi connectivity index (χ2v) is 9.80. The highest BCUT2D eigenvalue weighted by Gasteiger charge is 2.25. The summed E-state index contributed by atoms with van der Waals surface area (Å²) in [6.45, 7) is 4.16. The van der Waals surface area contributed by atoms with Gasteiger partial charge in [-0.15, -0.1) is 11.3 Å². The van der Waals surface area contributed by atoms with Crippen molar-refractivity contribution < 1.29 is 9.53 Å². The van der Waals surface area contributed by atoms with Crippen LogP contribution in [-0.2, 0) is 22.4 Å². The molecule has 1 aliphatic rings. The molecule has 1 atom stereocenters. The number of methoxy groups -OCH3 is 1. The predicted molar refractivity (Wildman–Crippen MR) is 119 cm³/mol. The van der Waals surface area contributed by atoms with Crippen molar-refractivity contribution >= 4 is 50.9 Å². The molecule has 2 aromatic heterocycles. The highest BCUT2D eigenvalue weighted by molar-refractivity contribution is 7.99. The van der Waals surface area contributed by atoms with Gasteiger partial charge in [0, 0.05) is 9.90 Å². The maximum atomic E-state index is 13.6. The van der Waals surface area contributed by atoms with E-state index >= 15 is 0 Å². The van der Waals surface area contributed by atoms with E-state index in [1.165, 1.54) is 23.7 Å². The minimum atomic E-state index is -0.364. The summed E-state index contributed by atoms with van der Waals surface area (Å²) >= 11 is 9.13. The van der Waals surface area contributed by atoms with E-state index < -0.39 is 0 Å². The van der Waals surface area contributed by atoms with E-state index in [0.29, 0.717) is 27.2 Å². The topological polar surface area (TPSA) is 61.2 Å². The largest absolute Gasteiger partial charge is 0.468 e. The van der Waals surface area contributed by atoms with Gasteiger partial charge in [-0.2, -0.15) is 0 Å². The van der Waals surface area contributed by atoms with Crippen molar-refractivity contribution in [2.45, 2.75) is 38.3 Å². The molecule has 0 spiro atoms. The molecule has 0 N–H and O–H groups in total. The number of carbonyl (C=O) groups excluding carboxylic acids is 1. The summed E-state index contributed by atoms with van der Waals surface area (Å²) in [6, 6.07) is 5.52. The molecule has 1 unspecified atom stereocenters. The summed E-state index contributed by atoms with van der Waals surface area (Å²) in [5, 5.41) is 1.76. The van der Waals surface area contributed by atoms with Crippen LogP contribution in [0.5, 0.6) is 0 Å². The van der Waals surface area contributed by atoms with Crippen LogP contribution in [0, 0.1) is 12.8 Å². The molecule has 0 radical (unpaired) electrons. The van der Waals surface area contributed by atoms with E-state index in [2.05, 4.69) is 6.92 Å². The lowest BCUT2D eigenvalue weighted by atomic mass is 9.89. The number of halogens is 1. The molecule has 4 rings (SSSR count). The summed E-state index contributed by atoms with van der Waals surface area (Å²) in [7, 11) is 1.35. The van der Waals surface area contributed by atoms with Crippen molar-refractivity contribution in [2.75, 3.05) is 12.9 Å². The van der Waals surface area contributed by atoms with Crippen LogP contribution in [0.1, 0.15) is 29.3 Å². The number of thiophene rings is 1.